The maximum absolute atomic E-state index is 13.2. The van der Waals surface area contributed by atoms with Crippen LogP contribution >= 0.6 is 11.6 Å². The summed E-state index contributed by atoms with van der Waals surface area (Å²) in [6, 6.07) is 13.4. The fourth-order valence-electron chi connectivity index (χ4n) is 4.24. The number of hydrogen-bond acceptors (Lipinski definition) is 4. The van der Waals surface area contributed by atoms with E-state index < -0.39 is 0 Å². The average molecular weight is 496 g/mol. The molecule has 1 fully saturated rings. The lowest BCUT2D eigenvalue weighted by Crippen LogP contribution is -2.40. The first-order valence-electron chi connectivity index (χ1n) is 11.4. The quantitative estimate of drug-likeness (QED) is 0.477. The van der Waals surface area contributed by atoms with Crippen LogP contribution in [0.15, 0.2) is 54.6 Å². The second-order valence-corrected chi connectivity index (χ2v) is 8.99. The molecule has 2 heterocycles. The van der Waals surface area contributed by atoms with E-state index in [-0.39, 0.29) is 23.5 Å². The number of nitrogens with one attached hydrogen (secondary N) is 1. The van der Waals surface area contributed by atoms with E-state index >= 15 is 0 Å². The number of aryl methyl sites for hydroxylation is 1. The lowest BCUT2D eigenvalue weighted by Gasteiger charge is -2.31. The van der Waals surface area contributed by atoms with Gasteiger partial charge in [-0.25, -0.2) is 9.07 Å². The number of primary amides is 1. The maximum Gasteiger partial charge on any atom is 0.248 e. The number of anilines is 1. The minimum absolute atomic E-state index is 0.141. The Hall–Kier alpha value is -3.49. The smallest absolute Gasteiger partial charge is 0.248 e. The Kier molecular flexibility index (Phi) is 7.63. The second-order valence-electron chi connectivity index (χ2n) is 8.63. The fraction of sp³-hybridized carbons (Fsp3) is 0.269. The lowest BCUT2D eigenvalue weighted by molar-refractivity contribution is -0.123. The Labute approximate surface area is 208 Å². The Morgan fingerprint density at radius 3 is 2.71 bits per heavy atom. The van der Waals surface area contributed by atoms with E-state index in [1.165, 1.54) is 22.9 Å². The zero-order valence-electron chi connectivity index (χ0n) is 19.4. The number of amides is 2. The molecule has 1 saturated heterocycles. The summed E-state index contributed by atoms with van der Waals surface area (Å²) in [5.74, 6) is -1.06. The number of piperidine rings is 1. The molecule has 9 heteroatoms. The third-order valence-electron chi connectivity index (χ3n) is 6.10. The van der Waals surface area contributed by atoms with Crippen molar-refractivity contribution in [3.63, 3.8) is 0 Å². The summed E-state index contributed by atoms with van der Waals surface area (Å²) in [5.41, 5.74) is 9.02. The van der Waals surface area contributed by atoms with Crippen LogP contribution in [-0.4, -0.2) is 39.6 Å². The van der Waals surface area contributed by atoms with E-state index in [4.69, 9.17) is 17.3 Å². The van der Waals surface area contributed by atoms with Crippen molar-refractivity contribution in [2.45, 2.75) is 26.3 Å². The van der Waals surface area contributed by atoms with Gasteiger partial charge in [-0.05, 0) is 68.3 Å². The largest absolute Gasteiger partial charge is 0.369 e. The minimum atomic E-state index is -0.348. The Morgan fingerprint density at radius 1 is 1.23 bits per heavy atom. The highest BCUT2D eigenvalue weighted by Crippen LogP contribution is 2.26. The molecule has 1 aromatic heterocycles. The molecule has 1 aliphatic rings. The monoisotopic (exact) mass is 495 g/mol. The molecule has 1 unspecified atom stereocenters. The van der Waals surface area contributed by atoms with Gasteiger partial charge in [0.05, 0.1) is 17.3 Å². The number of nitrogens with two attached hydrogens (primary N) is 1. The van der Waals surface area contributed by atoms with E-state index in [2.05, 4.69) is 15.3 Å². The minimum Gasteiger partial charge on any atom is -0.369 e. The van der Waals surface area contributed by atoms with E-state index in [1.54, 1.807) is 25.1 Å². The number of para-hydroxylation sites is 1. The molecule has 3 aromatic rings. The molecule has 182 valence electrons. The number of benzene rings is 2. The van der Waals surface area contributed by atoms with Crippen LogP contribution in [0, 0.1) is 18.7 Å². The molecule has 0 radical (unpaired) electrons. The number of halogens is 2. The molecule has 0 aliphatic carbocycles. The highest BCUT2D eigenvalue weighted by Gasteiger charge is 2.24. The summed E-state index contributed by atoms with van der Waals surface area (Å²) < 4.78 is 14.7. The number of nitrogens with zero attached hydrogens (tertiary/aromatic N) is 3. The molecule has 1 aliphatic heterocycles. The van der Waals surface area contributed by atoms with Crippen LogP contribution in [-0.2, 0) is 16.1 Å². The van der Waals surface area contributed by atoms with Crippen LogP contribution in [0.3, 0.4) is 0 Å². The van der Waals surface area contributed by atoms with Crippen molar-refractivity contribution < 1.29 is 14.0 Å². The van der Waals surface area contributed by atoms with E-state index in [0.29, 0.717) is 40.9 Å². The molecule has 4 rings (SSSR count). The molecule has 0 bridgehead atoms. The van der Waals surface area contributed by atoms with E-state index in [9.17, 15) is 14.0 Å². The van der Waals surface area contributed by atoms with Gasteiger partial charge in [0, 0.05) is 30.4 Å². The number of rotatable bonds is 7. The molecule has 1 atom stereocenters. The molecular weight excluding hydrogens is 469 g/mol. The normalized spacial score (nSPS) is 16.5. The Balaban J connectivity index is 1.45. The van der Waals surface area contributed by atoms with Crippen LogP contribution in [0.4, 0.5) is 10.1 Å². The SMILES string of the molecule is Cc1nn(-c2ccc(F)cc2)c(Cl)c1/C=C/C(=O)Nc1ccccc1CN1CCCC(C(N)=O)C1. The highest BCUT2D eigenvalue weighted by atomic mass is 35.5. The van der Waals surface area contributed by atoms with E-state index in [0.717, 1.165) is 24.9 Å². The predicted octanol–water partition coefficient (Wildman–Crippen LogP) is 4.32. The van der Waals surface area contributed by atoms with Crippen LogP contribution < -0.4 is 11.1 Å². The Bertz CT molecular complexity index is 1260. The van der Waals surface area contributed by atoms with E-state index in [1.807, 2.05) is 24.3 Å². The van der Waals surface area contributed by atoms with Crippen LogP contribution in [0.2, 0.25) is 5.15 Å². The van der Waals surface area contributed by atoms with Crippen molar-refractivity contribution in [1.82, 2.24) is 14.7 Å². The zero-order valence-corrected chi connectivity index (χ0v) is 20.1. The molecule has 7 nitrogen and oxygen atoms in total. The van der Waals surface area contributed by atoms with Crippen LogP contribution in [0.25, 0.3) is 11.8 Å². The summed E-state index contributed by atoms with van der Waals surface area (Å²) in [4.78, 5) is 26.5. The molecular formula is C26H27ClFN5O2. The maximum atomic E-state index is 13.2. The van der Waals surface area contributed by atoms with Gasteiger partial charge in [-0.2, -0.15) is 5.10 Å². The first-order chi connectivity index (χ1) is 16.8. The number of hydrogen-bond donors (Lipinski definition) is 2. The van der Waals surface area contributed by atoms with Gasteiger partial charge in [-0.1, -0.05) is 29.8 Å². The molecule has 0 spiro atoms. The highest BCUT2D eigenvalue weighted by molar-refractivity contribution is 6.31. The van der Waals surface area contributed by atoms with Gasteiger partial charge in [0.15, 0.2) is 0 Å². The topological polar surface area (TPSA) is 93.2 Å². The van der Waals surface area contributed by atoms with Crippen molar-refractivity contribution in [3.8, 4) is 5.69 Å². The summed E-state index contributed by atoms with van der Waals surface area (Å²) >= 11 is 6.50. The van der Waals surface area contributed by atoms with Gasteiger partial charge in [0.1, 0.15) is 11.0 Å². The van der Waals surface area contributed by atoms with Crippen LogP contribution in [0.5, 0.6) is 0 Å². The molecule has 2 aromatic carbocycles. The molecule has 35 heavy (non-hydrogen) atoms. The third kappa shape index (κ3) is 5.96. The van der Waals surface area contributed by atoms with Gasteiger partial charge in [0.25, 0.3) is 0 Å². The first-order valence-corrected chi connectivity index (χ1v) is 11.8. The lowest BCUT2D eigenvalue weighted by atomic mass is 9.97. The van der Waals surface area contributed by atoms with Crippen molar-refractivity contribution >= 4 is 35.2 Å². The van der Waals surface area contributed by atoms with Gasteiger partial charge < -0.3 is 11.1 Å². The molecule has 2 amide bonds. The van der Waals surface area contributed by atoms with Crippen molar-refractivity contribution in [1.29, 1.82) is 0 Å². The number of likely N-dealkylation sites (tertiary alicyclic amines) is 1. The third-order valence-corrected chi connectivity index (χ3v) is 6.46. The van der Waals surface area contributed by atoms with Crippen molar-refractivity contribution in [3.05, 3.63) is 82.4 Å². The van der Waals surface area contributed by atoms with Gasteiger partial charge in [0.2, 0.25) is 11.8 Å². The van der Waals surface area contributed by atoms with Gasteiger partial charge in [-0.15, -0.1) is 0 Å². The van der Waals surface area contributed by atoms with Crippen molar-refractivity contribution in [2.24, 2.45) is 11.7 Å². The van der Waals surface area contributed by atoms with Gasteiger partial charge >= 0.3 is 0 Å². The summed E-state index contributed by atoms with van der Waals surface area (Å²) in [6.07, 6.45) is 4.75. The summed E-state index contributed by atoms with van der Waals surface area (Å²) in [6.45, 7) is 3.89. The summed E-state index contributed by atoms with van der Waals surface area (Å²) in [7, 11) is 0. The standard InChI is InChI=1S/C26H27ClFN5O2/c1-17-22(25(27)33(31-17)21-10-8-20(28)9-11-21)12-13-24(34)30-23-7-3-2-5-18(23)15-32-14-4-6-19(16-32)26(29)35/h2-3,5,7-13,19H,4,6,14-16H2,1H3,(H2,29,35)(H,30,34)/b13-12+. The average Bonchev–Trinajstić information content (AvgIpc) is 3.12. The van der Waals surface area contributed by atoms with Crippen LogP contribution in [0.1, 0.15) is 29.7 Å². The fourth-order valence-corrected chi connectivity index (χ4v) is 4.57. The zero-order chi connectivity index (χ0) is 24.9. The summed E-state index contributed by atoms with van der Waals surface area (Å²) in [5, 5.41) is 7.67. The first kappa shape index (κ1) is 24.6. The number of carbonyl (C=O) groups excluding carboxylic acids is 2. The van der Waals surface area contributed by atoms with Gasteiger partial charge in [-0.3, -0.25) is 14.5 Å². The molecule has 0 saturated carbocycles. The second kappa shape index (κ2) is 10.8. The number of aromatic nitrogens is 2. The predicted molar refractivity (Wildman–Crippen MR) is 135 cm³/mol. The Morgan fingerprint density at radius 2 is 1.97 bits per heavy atom. The number of carbonyl (C=O) groups is 2. The van der Waals surface area contributed by atoms with Crippen molar-refractivity contribution in [2.75, 3.05) is 18.4 Å². The molecule has 3 N–H and O–H groups in total.